The normalized spacial score (nSPS) is 11.2. The van der Waals surface area contributed by atoms with Crippen LogP contribution in [0.4, 0.5) is 0 Å². The summed E-state index contributed by atoms with van der Waals surface area (Å²) in [6.45, 7) is 0.809. The molecule has 146 valence electrons. The van der Waals surface area contributed by atoms with Gasteiger partial charge in [0.15, 0.2) is 0 Å². The van der Waals surface area contributed by atoms with Crippen LogP contribution in [0.3, 0.4) is 0 Å². The number of rotatable bonds is 13. The Morgan fingerprint density at radius 3 is 1.70 bits per heavy atom. The molecule has 0 fully saturated rings. The molecule has 0 N–H and O–H groups in total. The fourth-order valence-corrected chi connectivity index (χ4v) is 3.41. The maximum atomic E-state index is 5.91. The van der Waals surface area contributed by atoms with Gasteiger partial charge in [0, 0.05) is 10.4 Å². The van der Waals surface area contributed by atoms with E-state index < -0.39 is 0 Å². The van der Waals surface area contributed by atoms with E-state index in [1.54, 1.807) is 0 Å². The number of hydrogen-bond acceptors (Lipinski definition) is 1. The molecule has 3 heteroatoms. The highest BCUT2D eigenvalue weighted by atomic mass is 79.9. The minimum absolute atomic E-state index is 0.763. The lowest BCUT2D eigenvalue weighted by Crippen LogP contribution is -1.97. The first-order chi connectivity index (χ1) is 13.3. The maximum absolute atomic E-state index is 5.91. The Morgan fingerprint density at radius 2 is 1.15 bits per heavy atom. The zero-order chi connectivity index (χ0) is 19.2. The zero-order valence-corrected chi connectivity index (χ0v) is 18.4. The molecule has 0 saturated carbocycles. The molecule has 0 radical (unpaired) electrons. The van der Waals surface area contributed by atoms with Gasteiger partial charge in [0.2, 0.25) is 0 Å². The summed E-state index contributed by atoms with van der Waals surface area (Å²) in [7, 11) is 0. The number of unbranched alkanes of at least 4 members (excludes halogenated alkanes) is 7. The summed E-state index contributed by atoms with van der Waals surface area (Å²) in [5.41, 5.74) is 2.31. The summed E-state index contributed by atoms with van der Waals surface area (Å²) >= 11 is 9.39. The van der Waals surface area contributed by atoms with Crippen molar-refractivity contribution in [3.05, 3.63) is 64.7 Å². The van der Waals surface area contributed by atoms with E-state index in [4.69, 9.17) is 16.3 Å². The van der Waals surface area contributed by atoms with Gasteiger partial charge in [0.25, 0.3) is 0 Å². The second-order valence-electron chi connectivity index (χ2n) is 6.82. The van der Waals surface area contributed by atoms with Crippen LogP contribution < -0.4 is 4.74 Å². The largest absolute Gasteiger partial charge is 0.494 e. The lowest BCUT2D eigenvalue weighted by atomic mass is 10.1. The molecule has 0 saturated heterocycles. The van der Waals surface area contributed by atoms with Gasteiger partial charge < -0.3 is 4.74 Å². The first kappa shape index (κ1) is 22.0. The Morgan fingerprint density at radius 1 is 0.667 bits per heavy atom. The molecule has 27 heavy (non-hydrogen) atoms. The number of alkyl halides is 1. The molecule has 0 aliphatic rings. The maximum Gasteiger partial charge on any atom is 0.119 e. The molecule has 0 amide bonds. The molecule has 2 aromatic carbocycles. The molecule has 0 atom stereocenters. The van der Waals surface area contributed by atoms with Gasteiger partial charge in [-0.3, -0.25) is 0 Å². The van der Waals surface area contributed by atoms with E-state index in [0.717, 1.165) is 40.3 Å². The van der Waals surface area contributed by atoms with Crippen LogP contribution in [0.25, 0.3) is 12.2 Å². The highest BCUT2D eigenvalue weighted by Gasteiger charge is 1.96. The van der Waals surface area contributed by atoms with Gasteiger partial charge in [-0.25, -0.2) is 0 Å². The van der Waals surface area contributed by atoms with Gasteiger partial charge in [-0.2, -0.15) is 0 Å². The lowest BCUT2D eigenvalue weighted by Gasteiger charge is -2.06. The van der Waals surface area contributed by atoms with Gasteiger partial charge in [-0.05, 0) is 48.2 Å². The monoisotopic (exact) mass is 448 g/mol. The Labute approximate surface area is 177 Å². The average Bonchev–Trinajstić information content (AvgIpc) is 2.70. The van der Waals surface area contributed by atoms with Crippen LogP contribution in [-0.2, 0) is 0 Å². The molecule has 0 bridgehead atoms. The van der Waals surface area contributed by atoms with E-state index >= 15 is 0 Å². The van der Waals surface area contributed by atoms with Crippen LogP contribution >= 0.6 is 27.5 Å². The van der Waals surface area contributed by atoms with Crippen molar-refractivity contribution < 1.29 is 4.74 Å². The van der Waals surface area contributed by atoms with Crippen molar-refractivity contribution in [1.82, 2.24) is 0 Å². The van der Waals surface area contributed by atoms with Crippen LogP contribution in [0.2, 0.25) is 5.02 Å². The van der Waals surface area contributed by atoms with E-state index in [9.17, 15) is 0 Å². The average molecular weight is 450 g/mol. The fraction of sp³-hybridized carbons (Fsp3) is 0.417. The molecular formula is C24H30BrClO. The van der Waals surface area contributed by atoms with Gasteiger partial charge in [0.1, 0.15) is 5.75 Å². The van der Waals surface area contributed by atoms with Crippen molar-refractivity contribution >= 4 is 39.7 Å². The van der Waals surface area contributed by atoms with Crippen molar-refractivity contribution in [3.8, 4) is 5.75 Å². The summed E-state index contributed by atoms with van der Waals surface area (Å²) < 4.78 is 5.85. The van der Waals surface area contributed by atoms with Crippen LogP contribution in [0, 0.1) is 0 Å². The van der Waals surface area contributed by atoms with E-state index in [1.807, 2.05) is 36.4 Å². The zero-order valence-electron chi connectivity index (χ0n) is 16.0. The van der Waals surface area contributed by atoms with Crippen molar-refractivity contribution in [2.24, 2.45) is 0 Å². The second kappa shape index (κ2) is 13.8. The molecule has 0 aliphatic heterocycles. The Kier molecular flexibility index (Phi) is 11.3. The molecule has 0 spiro atoms. The van der Waals surface area contributed by atoms with Crippen molar-refractivity contribution in [1.29, 1.82) is 0 Å². The standard InChI is InChI=1S/C24H30BrClO/c25-19-7-5-3-1-2-4-6-8-20-27-24-17-13-22(14-18-24)10-9-21-11-15-23(26)16-12-21/h9-18H,1-8,19-20H2/b10-9+. The topological polar surface area (TPSA) is 9.23 Å². The summed E-state index contributed by atoms with van der Waals surface area (Å²) in [6, 6.07) is 16.1. The predicted molar refractivity (Wildman–Crippen MR) is 123 cm³/mol. The molecule has 2 aromatic rings. The van der Waals surface area contributed by atoms with Gasteiger partial charge >= 0.3 is 0 Å². The molecule has 0 aliphatic carbocycles. The fourth-order valence-electron chi connectivity index (χ4n) is 2.89. The summed E-state index contributed by atoms with van der Waals surface area (Å²) in [6.07, 6.45) is 14.7. The van der Waals surface area contributed by atoms with E-state index in [0.29, 0.717) is 0 Å². The summed E-state index contributed by atoms with van der Waals surface area (Å²) in [5, 5.41) is 1.91. The Balaban J connectivity index is 1.58. The molecule has 0 unspecified atom stereocenters. The lowest BCUT2D eigenvalue weighted by molar-refractivity contribution is 0.304. The van der Waals surface area contributed by atoms with Gasteiger partial charge in [0.05, 0.1) is 6.61 Å². The molecule has 0 heterocycles. The summed E-state index contributed by atoms with van der Waals surface area (Å²) in [4.78, 5) is 0. The van der Waals surface area contributed by atoms with Crippen molar-refractivity contribution in [3.63, 3.8) is 0 Å². The molecule has 1 nitrogen and oxygen atoms in total. The smallest absolute Gasteiger partial charge is 0.119 e. The molecule has 2 rings (SSSR count). The highest BCUT2D eigenvalue weighted by molar-refractivity contribution is 9.09. The minimum Gasteiger partial charge on any atom is -0.494 e. The third-order valence-electron chi connectivity index (χ3n) is 4.52. The Bertz CT molecular complexity index is 649. The SMILES string of the molecule is Clc1ccc(/C=C/c2ccc(OCCCCCCCCCCBr)cc2)cc1. The quantitative estimate of drug-likeness (QED) is 0.169. The van der Waals surface area contributed by atoms with Crippen LogP contribution in [-0.4, -0.2) is 11.9 Å². The van der Waals surface area contributed by atoms with Crippen LogP contribution in [0.5, 0.6) is 5.75 Å². The third-order valence-corrected chi connectivity index (χ3v) is 5.33. The first-order valence-electron chi connectivity index (χ1n) is 10.0. The van der Waals surface area contributed by atoms with E-state index in [2.05, 4.69) is 40.2 Å². The third kappa shape index (κ3) is 10.0. The van der Waals surface area contributed by atoms with Gasteiger partial charge in [-0.15, -0.1) is 0 Å². The number of ether oxygens (including phenoxy) is 1. The summed E-state index contributed by atoms with van der Waals surface area (Å²) in [5.74, 6) is 0.952. The van der Waals surface area contributed by atoms with Crippen LogP contribution in [0.15, 0.2) is 48.5 Å². The van der Waals surface area contributed by atoms with Gasteiger partial charge in [-0.1, -0.05) is 102 Å². The number of benzene rings is 2. The molecule has 0 aromatic heterocycles. The van der Waals surface area contributed by atoms with Crippen LogP contribution in [0.1, 0.15) is 62.5 Å². The second-order valence-corrected chi connectivity index (χ2v) is 8.05. The highest BCUT2D eigenvalue weighted by Crippen LogP contribution is 2.16. The number of halogens is 2. The minimum atomic E-state index is 0.763. The predicted octanol–water partition coefficient (Wildman–Crippen LogP) is 8.40. The molecular weight excluding hydrogens is 420 g/mol. The van der Waals surface area contributed by atoms with E-state index in [-0.39, 0.29) is 0 Å². The van der Waals surface area contributed by atoms with Crippen molar-refractivity contribution in [2.45, 2.75) is 51.4 Å². The van der Waals surface area contributed by atoms with Crippen molar-refractivity contribution in [2.75, 3.05) is 11.9 Å². The number of hydrogen-bond donors (Lipinski definition) is 0. The van der Waals surface area contributed by atoms with E-state index in [1.165, 1.54) is 44.9 Å². The first-order valence-corrected chi connectivity index (χ1v) is 11.5. The Hall–Kier alpha value is -1.25.